The molecule has 0 aromatic heterocycles. The summed E-state index contributed by atoms with van der Waals surface area (Å²) >= 11 is 1.69. The molecule has 1 heterocycles. The lowest BCUT2D eigenvalue weighted by Crippen LogP contribution is -2.31. The zero-order valence-corrected chi connectivity index (χ0v) is 23.2. The third kappa shape index (κ3) is 8.69. The maximum absolute atomic E-state index is 11.7. The van der Waals surface area contributed by atoms with Gasteiger partial charge in [0.1, 0.15) is 6.61 Å². The summed E-state index contributed by atoms with van der Waals surface area (Å²) in [5, 5.41) is 14.9. The van der Waals surface area contributed by atoms with E-state index in [2.05, 4.69) is 17.2 Å². The molecule has 9 heteroatoms. The van der Waals surface area contributed by atoms with Crippen molar-refractivity contribution in [1.29, 1.82) is 0 Å². The first-order chi connectivity index (χ1) is 19.4. The maximum Gasteiger partial charge on any atom is 0.407 e. The van der Waals surface area contributed by atoms with E-state index in [1.165, 1.54) is 13.0 Å². The molecule has 8 nitrogen and oxygen atoms in total. The smallest absolute Gasteiger partial charge is 0.407 e. The molecule has 1 aliphatic rings. The summed E-state index contributed by atoms with van der Waals surface area (Å²) in [7, 11) is 0. The van der Waals surface area contributed by atoms with Crippen LogP contribution in [-0.2, 0) is 32.2 Å². The average Bonchev–Trinajstić information content (AvgIpc) is 2.98. The molecule has 40 heavy (non-hydrogen) atoms. The first kappa shape index (κ1) is 29.4. The molecule has 4 rings (SSSR count). The molecular weight excluding hydrogens is 528 g/mol. The monoisotopic (exact) mass is 562 g/mol. The van der Waals surface area contributed by atoms with Crippen molar-refractivity contribution in [2.75, 3.05) is 17.7 Å². The predicted octanol–water partition coefficient (Wildman–Crippen LogP) is 5.89. The minimum Gasteiger partial charge on any atom is -0.445 e. The summed E-state index contributed by atoms with van der Waals surface area (Å²) < 4.78 is 17.8. The summed E-state index contributed by atoms with van der Waals surface area (Å²) in [5.74, 6) is 0.620. The van der Waals surface area contributed by atoms with Gasteiger partial charge in [0, 0.05) is 41.8 Å². The lowest BCUT2D eigenvalue weighted by molar-refractivity contribution is -0.245. The second-order valence-electron chi connectivity index (χ2n) is 9.35. The highest BCUT2D eigenvalue weighted by Gasteiger charge is 2.32. The van der Waals surface area contributed by atoms with Gasteiger partial charge < -0.3 is 30.0 Å². The fourth-order valence-electron chi connectivity index (χ4n) is 4.20. The molecule has 1 saturated heterocycles. The Hall–Kier alpha value is -3.63. The van der Waals surface area contributed by atoms with Gasteiger partial charge in [0.15, 0.2) is 6.29 Å². The predicted molar refractivity (Wildman–Crippen MR) is 155 cm³/mol. The van der Waals surface area contributed by atoms with Crippen LogP contribution in [0.1, 0.15) is 48.0 Å². The summed E-state index contributed by atoms with van der Waals surface area (Å²) in [6.07, 6.45) is 0.873. The van der Waals surface area contributed by atoms with E-state index in [-0.39, 0.29) is 31.3 Å². The number of thioether (sulfide) groups is 1. The van der Waals surface area contributed by atoms with Crippen molar-refractivity contribution in [3.05, 3.63) is 108 Å². The minimum atomic E-state index is -0.566. The van der Waals surface area contributed by atoms with E-state index in [1.807, 2.05) is 72.8 Å². The van der Waals surface area contributed by atoms with Gasteiger partial charge in [-0.3, -0.25) is 4.79 Å². The second kappa shape index (κ2) is 14.7. The van der Waals surface area contributed by atoms with Gasteiger partial charge in [-0.1, -0.05) is 61.2 Å². The Labute approximate surface area is 238 Å². The van der Waals surface area contributed by atoms with Crippen LogP contribution < -0.4 is 10.6 Å². The van der Waals surface area contributed by atoms with E-state index in [9.17, 15) is 14.7 Å². The molecule has 0 radical (unpaired) electrons. The quantitative estimate of drug-likeness (QED) is 0.198. The van der Waals surface area contributed by atoms with Crippen LogP contribution in [0.4, 0.5) is 10.5 Å². The van der Waals surface area contributed by atoms with Crippen molar-refractivity contribution >= 4 is 29.4 Å². The molecule has 2 amide bonds. The topological polar surface area (TPSA) is 106 Å². The number of anilines is 1. The summed E-state index contributed by atoms with van der Waals surface area (Å²) in [5.41, 5.74) is 4.43. The van der Waals surface area contributed by atoms with Crippen LogP contribution in [-0.4, -0.2) is 35.6 Å². The number of hydrogen-bond donors (Lipinski definition) is 3. The van der Waals surface area contributed by atoms with Gasteiger partial charge in [-0.25, -0.2) is 4.79 Å². The second-order valence-corrected chi connectivity index (χ2v) is 10.4. The Morgan fingerprint density at radius 3 is 2.33 bits per heavy atom. The molecule has 3 atom stereocenters. The van der Waals surface area contributed by atoms with E-state index in [1.54, 1.807) is 11.8 Å². The summed E-state index contributed by atoms with van der Waals surface area (Å²) in [6.45, 7) is 5.50. The molecule has 0 bridgehead atoms. The Morgan fingerprint density at radius 1 is 1.00 bits per heavy atom. The number of carbonyl (C=O) groups excluding carboxylic acids is 2. The number of rotatable bonds is 11. The van der Waals surface area contributed by atoms with E-state index in [0.29, 0.717) is 13.0 Å². The maximum atomic E-state index is 11.7. The zero-order chi connectivity index (χ0) is 28.3. The highest BCUT2D eigenvalue weighted by atomic mass is 32.2. The number of aliphatic hydroxyl groups is 1. The number of carbonyl (C=O) groups is 2. The van der Waals surface area contributed by atoms with E-state index in [4.69, 9.17) is 14.2 Å². The molecule has 0 saturated carbocycles. The number of hydrogen-bond acceptors (Lipinski definition) is 7. The highest BCUT2D eigenvalue weighted by molar-refractivity contribution is 7.99. The SMILES string of the molecule is C=CCOC(=O)NCc1ccc([C@H]2O[C@@H](CSc3ccc(NC(C)=O)cc3)C[C@@H](c3ccc(CO)cc3)O2)cc1. The van der Waals surface area contributed by atoms with E-state index < -0.39 is 12.4 Å². The number of ether oxygens (including phenoxy) is 3. The van der Waals surface area contributed by atoms with Crippen molar-refractivity contribution in [2.45, 2.75) is 49.9 Å². The van der Waals surface area contributed by atoms with Crippen LogP contribution in [0.2, 0.25) is 0 Å². The Balaban J connectivity index is 1.43. The van der Waals surface area contributed by atoms with Crippen LogP contribution in [0.25, 0.3) is 0 Å². The van der Waals surface area contributed by atoms with Gasteiger partial charge in [0.2, 0.25) is 5.91 Å². The van der Waals surface area contributed by atoms with Gasteiger partial charge in [0.05, 0.1) is 18.8 Å². The highest BCUT2D eigenvalue weighted by Crippen LogP contribution is 2.39. The normalized spacial score (nSPS) is 18.5. The van der Waals surface area contributed by atoms with Gasteiger partial charge in [0.25, 0.3) is 0 Å². The molecule has 1 aliphatic heterocycles. The largest absolute Gasteiger partial charge is 0.445 e. The molecule has 1 fully saturated rings. The Morgan fingerprint density at radius 2 is 1.68 bits per heavy atom. The summed E-state index contributed by atoms with van der Waals surface area (Å²) in [4.78, 5) is 24.1. The first-order valence-corrected chi connectivity index (χ1v) is 14.0. The van der Waals surface area contributed by atoms with Crippen molar-refractivity contribution in [2.24, 2.45) is 0 Å². The summed E-state index contributed by atoms with van der Waals surface area (Å²) in [6, 6.07) is 23.3. The van der Waals surface area contributed by atoms with Crippen molar-refractivity contribution in [3.8, 4) is 0 Å². The lowest BCUT2D eigenvalue weighted by atomic mass is 10.0. The average molecular weight is 563 g/mol. The van der Waals surface area contributed by atoms with Crippen molar-refractivity contribution in [1.82, 2.24) is 5.32 Å². The standard InChI is InChI=1S/C31H34N2O6S/c1-3-16-37-31(36)32-18-22-4-10-25(11-5-22)30-38-27(17-29(39-30)24-8-6-23(19-34)7-9-24)20-40-28-14-12-26(13-15-28)33-21(2)35/h3-15,27,29-30,34H,1,16-20H2,2H3,(H,32,36)(H,33,35)/t27-,29+,30+/m1/s1. The van der Waals surface area contributed by atoms with Crippen LogP contribution in [0.15, 0.2) is 90.3 Å². The fourth-order valence-corrected chi connectivity index (χ4v) is 5.12. The molecular formula is C31H34N2O6S. The molecule has 0 spiro atoms. The molecule has 3 aromatic rings. The number of aliphatic hydroxyl groups excluding tert-OH is 1. The molecule has 3 N–H and O–H groups in total. The van der Waals surface area contributed by atoms with Gasteiger partial charge in [-0.15, -0.1) is 11.8 Å². The Bertz CT molecular complexity index is 1260. The number of amides is 2. The van der Waals surface area contributed by atoms with Gasteiger partial charge in [-0.2, -0.15) is 0 Å². The molecule has 0 aliphatic carbocycles. The molecule has 0 unspecified atom stereocenters. The molecule has 3 aromatic carbocycles. The number of benzene rings is 3. The number of alkyl carbamates (subject to hydrolysis) is 1. The van der Waals surface area contributed by atoms with E-state index in [0.717, 1.165) is 38.6 Å². The van der Waals surface area contributed by atoms with Crippen molar-refractivity contribution < 1.29 is 28.9 Å². The van der Waals surface area contributed by atoms with Crippen LogP contribution in [0, 0.1) is 0 Å². The lowest BCUT2D eigenvalue weighted by Gasteiger charge is -2.36. The zero-order valence-electron chi connectivity index (χ0n) is 22.4. The van der Waals surface area contributed by atoms with Crippen LogP contribution >= 0.6 is 11.8 Å². The third-order valence-electron chi connectivity index (χ3n) is 6.25. The Kier molecular flexibility index (Phi) is 10.8. The molecule has 210 valence electrons. The van der Waals surface area contributed by atoms with Crippen LogP contribution in [0.3, 0.4) is 0 Å². The van der Waals surface area contributed by atoms with Gasteiger partial charge >= 0.3 is 6.09 Å². The van der Waals surface area contributed by atoms with Crippen LogP contribution in [0.5, 0.6) is 0 Å². The first-order valence-electron chi connectivity index (χ1n) is 13.0. The van der Waals surface area contributed by atoms with Crippen molar-refractivity contribution in [3.63, 3.8) is 0 Å². The fraction of sp³-hybridized carbons (Fsp3) is 0.290. The van der Waals surface area contributed by atoms with Gasteiger partial charge in [-0.05, 0) is 41.0 Å². The minimum absolute atomic E-state index is 0.00921. The third-order valence-corrected chi connectivity index (χ3v) is 7.39. The van der Waals surface area contributed by atoms with E-state index >= 15 is 0 Å². The number of nitrogens with one attached hydrogen (secondary N) is 2.